The van der Waals surface area contributed by atoms with Crippen LogP contribution in [-0.4, -0.2) is 29.8 Å². The Morgan fingerprint density at radius 1 is 1.35 bits per heavy atom. The van der Waals surface area contributed by atoms with Crippen molar-refractivity contribution in [2.75, 3.05) is 18.8 Å². The van der Waals surface area contributed by atoms with Gasteiger partial charge in [-0.1, -0.05) is 18.2 Å². The predicted octanol–water partition coefficient (Wildman–Crippen LogP) is 3.89. The first-order chi connectivity index (χ1) is 11.2. The van der Waals surface area contributed by atoms with E-state index in [2.05, 4.69) is 16.8 Å². The monoisotopic (exact) mass is 350 g/mol. The molecule has 23 heavy (non-hydrogen) atoms. The van der Waals surface area contributed by atoms with Crippen LogP contribution < -0.4 is 5.32 Å². The lowest BCUT2D eigenvalue weighted by Crippen LogP contribution is -2.43. The van der Waals surface area contributed by atoms with Gasteiger partial charge < -0.3 is 10.2 Å². The minimum absolute atomic E-state index is 0.00617. The highest BCUT2D eigenvalue weighted by atomic mass is 32.2. The lowest BCUT2D eigenvalue weighted by atomic mass is 10.1. The summed E-state index contributed by atoms with van der Waals surface area (Å²) in [6.07, 6.45) is 0.947. The Bertz CT molecular complexity index is 674. The van der Waals surface area contributed by atoms with E-state index in [4.69, 9.17) is 0 Å². The highest BCUT2D eigenvalue weighted by Gasteiger charge is 2.20. The van der Waals surface area contributed by atoms with Crippen molar-refractivity contribution in [1.82, 2.24) is 10.2 Å². The largest absolute Gasteiger partial charge is 0.337 e. The van der Waals surface area contributed by atoms with Gasteiger partial charge in [0.2, 0.25) is 0 Å². The van der Waals surface area contributed by atoms with Crippen molar-refractivity contribution in [3.8, 4) is 0 Å². The second kappa shape index (κ2) is 7.84. The molecule has 1 aromatic heterocycles. The first-order valence-corrected chi connectivity index (χ1v) is 9.66. The molecule has 2 heterocycles. The summed E-state index contributed by atoms with van der Waals surface area (Å²) in [4.78, 5) is 15.4. The van der Waals surface area contributed by atoms with E-state index in [0.29, 0.717) is 24.4 Å². The molecule has 0 atom stereocenters. The van der Waals surface area contributed by atoms with E-state index in [1.807, 2.05) is 11.0 Å². The minimum Gasteiger partial charge on any atom is -0.337 e. The maximum Gasteiger partial charge on any atom is 0.317 e. The smallest absolute Gasteiger partial charge is 0.317 e. The number of thiophene rings is 1. The number of carbonyl (C=O) groups is 1. The van der Waals surface area contributed by atoms with E-state index in [1.165, 1.54) is 16.5 Å². The topological polar surface area (TPSA) is 32.3 Å². The van der Waals surface area contributed by atoms with Gasteiger partial charge in [0, 0.05) is 36.0 Å². The number of amides is 2. The van der Waals surface area contributed by atoms with Gasteiger partial charge >= 0.3 is 6.03 Å². The summed E-state index contributed by atoms with van der Waals surface area (Å²) in [5.74, 6) is 1.24. The average Bonchev–Trinajstić information content (AvgIpc) is 3.03. The molecule has 1 aliphatic heterocycles. The van der Waals surface area contributed by atoms with Crippen molar-refractivity contribution >= 4 is 29.1 Å². The molecule has 122 valence electrons. The van der Waals surface area contributed by atoms with Crippen LogP contribution in [0.25, 0.3) is 0 Å². The molecule has 1 aromatic carbocycles. The van der Waals surface area contributed by atoms with Gasteiger partial charge in [-0.05, 0) is 35.1 Å². The zero-order valence-electron chi connectivity index (χ0n) is 12.8. The fourth-order valence-electron chi connectivity index (χ4n) is 2.56. The molecule has 0 bridgehead atoms. The summed E-state index contributed by atoms with van der Waals surface area (Å²) < 4.78 is 13.5. The Hall–Kier alpha value is -1.53. The quantitative estimate of drug-likeness (QED) is 0.830. The molecule has 0 radical (unpaired) electrons. The lowest BCUT2D eigenvalue weighted by molar-refractivity contribution is 0.193. The number of rotatable bonds is 5. The summed E-state index contributed by atoms with van der Waals surface area (Å²) in [5, 5.41) is 5.04. The molecule has 0 aliphatic carbocycles. The summed E-state index contributed by atoms with van der Waals surface area (Å²) in [5.41, 5.74) is 1.98. The molecule has 0 spiro atoms. The van der Waals surface area contributed by atoms with Crippen molar-refractivity contribution in [3.05, 3.63) is 57.5 Å². The fraction of sp³-hybridized carbons (Fsp3) is 0.353. The number of urea groups is 1. The Morgan fingerprint density at radius 2 is 2.22 bits per heavy atom. The van der Waals surface area contributed by atoms with Gasteiger partial charge in [-0.15, -0.1) is 11.3 Å². The molecular weight excluding hydrogens is 331 g/mol. The van der Waals surface area contributed by atoms with Gasteiger partial charge in [0.15, 0.2) is 0 Å². The molecule has 3 nitrogen and oxygen atoms in total. The van der Waals surface area contributed by atoms with Crippen LogP contribution in [0.3, 0.4) is 0 Å². The average molecular weight is 350 g/mol. The Labute approximate surface area is 143 Å². The highest BCUT2D eigenvalue weighted by Crippen LogP contribution is 2.23. The van der Waals surface area contributed by atoms with Crippen LogP contribution >= 0.6 is 23.1 Å². The minimum atomic E-state index is -0.163. The summed E-state index contributed by atoms with van der Waals surface area (Å²) >= 11 is 3.40. The van der Waals surface area contributed by atoms with E-state index in [0.717, 1.165) is 18.7 Å². The van der Waals surface area contributed by atoms with Crippen LogP contribution in [0.5, 0.6) is 0 Å². The molecule has 3 rings (SSSR count). The van der Waals surface area contributed by atoms with Gasteiger partial charge in [0.05, 0.1) is 0 Å². The molecule has 6 heteroatoms. The number of nitrogens with one attached hydrogen (secondary N) is 1. The molecule has 0 saturated carbocycles. The molecule has 0 saturated heterocycles. The van der Waals surface area contributed by atoms with Crippen LogP contribution in [0.15, 0.2) is 35.7 Å². The molecule has 1 N–H and O–H groups in total. The van der Waals surface area contributed by atoms with Gasteiger partial charge in [-0.2, -0.15) is 11.8 Å². The van der Waals surface area contributed by atoms with E-state index in [9.17, 15) is 9.18 Å². The second-order valence-corrected chi connectivity index (χ2v) is 7.52. The number of halogens is 1. The first-order valence-electron chi connectivity index (χ1n) is 7.63. The van der Waals surface area contributed by atoms with Crippen molar-refractivity contribution in [3.63, 3.8) is 0 Å². The predicted molar refractivity (Wildman–Crippen MR) is 94.4 cm³/mol. The van der Waals surface area contributed by atoms with Crippen molar-refractivity contribution < 1.29 is 9.18 Å². The summed E-state index contributed by atoms with van der Waals surface area (Å²) in [7, 11) is 0. The number of benzene rings is 1. The van der Waals surface area contributed by atoms with Gasteiger partial charge in [0.25, 0.3) is 0 Å². The maximum atomic E-state index is 13.5. The number of hydrogen-bond donors (Lipinski definition) is 1. The molecule has 0 unspecified atom stereocenters. The first kappa shape index (κ1) is 16.3. The molecular formula is C17H19FN2OS2. The van der Waals surface area contributed by atoms with E-state index < -0.39 is 0 Å². The van der Waals surface area contributed by atoms with E-state index in [1.54, 1.807) is 35.2 Å². The lowest BCUT2D eigenvalue weighted by Gasteiger charge is -2.27. The van der Waals surface area contributed by atoms with Crippen LogP contribution in [0, 0.1) is 5.82 Å². The third-order valence-corrected chi connectivity index (χ3v) is 5.86. The normalized spacial score (nSPS) is 13.7. The highest BCUT2D eigenvalue weighted by molar-refractivity contribution is 7.98. The summed E-state index contributed by atoms with van der Waals surface area (Å²) in [6.45, 7) is 2.08. The van der Waals surface area contributed by atoms with E-state index in [-0.39, 0.29) is 11.8 Å². The SMILES string of the molecule is O=C(NCCSCc1ccccc1F)N1CCc2sccc2C1. The molecule has 2 aromatic rings. The van der Waals surface area contributed by atoms with Crippen molar-refractivity contribution in [1.29, 1.82) is 0 Å². The van der Waals surface area contributed by atoms with Crippen LogP contribution in [0.4, 0.5) is 9.18 Å². The van der Waals surface area contributed by atoms with Gasteiger partial charge in [-0.25, -0.2) is 9.18 Å². The number of nitrogens with zero attached hydrogens (tertiary/aromatic N) is 1. The third-order valence-electron chi connectivity index (χ3n) is 3.83. The zero-order valence-corrected chi connectivity index (χ0v) is 14.4. The fourth-order valence-corrected chi connectivity index (χ4v) is 4.30. The third kappa shape index (κ3) is 4.26. The zero-order chi connectivity index (χ0) is 16.1. The maximum absolute atomic E-state index is 13.5. The van der Waals surface area contributed by atoms with E-state index >= 15 is 0 Å². The van der Waals surface area contributed by atoms with Gasteiger partial charge in [-0.3, -0.25) is 0 Å². The van der Waals surface area contributed by atoms with Crippen molar-refractivity contribution in [2.24, 2.45) is 0 Å². The van der Waals surface area contributed by atoms with Gasteiger partial charge in [0.1, 0.15) is 5.82 Å². The standard InChI is InChI=1S/C17H19FN2OS2/c18-15-4-2-1-3-14(15)12-22-10-7-19-17(21)20-8-5-16-13(11-20)6-9-23-16/h1-4,6,9H,5,7-8,10-12H2,(H,19,21). The Morgan fingerprint density at radius 3 is 3.09 bits per heavy atom. The Kier molecular flexibility index (Phi) is 5.56. The van der Waals surface area contributed by atoms with Crippen molar-refractivity contribution in [2.45, 2.75) is 18.7 Å². The second-order valence-electron chi connectivity index (χ2n) is 5.42. The van der Waals surface area contributed by atoms with Crippen LogP contribution in [0.1, 0.15) is 16.0 Å². The Balaban J connectivity index is 1.36. The van der Waals surface area contributed by atoms with Crippen LogP contribution in [-0.2, 0) is 18.7 Å². The number of carbonyl (C=O) groups excluding carboxylic acids is 1. The molecule has 1 aliphatic rings. The number of thioether (sulfide) groups is 1. The number of hydrogen-bond acceptors (Lipinski definition) is 3. The summed E-state index contributed by atoms with van der Waals surface area (Å²) in [6, 6.07) is 8.91. The molecule has 2 amide bonds. The molecule has 0 fully saturated rings. The number of fused-ring (bicyclic) bond motifs is 1. The van der Waals surface area contributed by atoms with Crippen LogP contribution in [0.2, 0.25) is 0 Å².